The van der Waals surface area contributed by atoms with Crippen LogP contribution < -0.4 is 15.4 Å². The van der Waals surface area contributed by atoms with Gasteiger partial charge in [-0.2, -0.15) is 4.57 Å². The van der Waals surface area contributed by atoms with Gasteiger partial charge in [-0.1, -0.05) is 12.1 Å². The SMILES string of the molecule is O=C(NNc1ccccn1)c1ccc[n+](CC(=O)c2cccs2)c1. The van der Waals surface area contributed by atoms with Crippen LogP contribution in [0.2, 0.25) is 0 Å². The predicted octanol–water partition coefficient (Wildman–Crippen LogP) is 2.07. The average molecular weight is 339 g/mol. The first kappa shape index (κ1) is 15.8. The van der Waals surface area contributed by atoms with E-state index in [0.717, 1.165) is 0 Å². The molecule has 0 spiro atoms. The lowest BCUT2D eigenvalue weighted by Gasteiger charge is -2.06. The highest BCUT2D eigenvalue weighted by Crippen LogP contribution is 2.09. The molecule has 0 fully saturated rings. The van der Waals surface area contributed by atoms with Crippen LogP contribution in [-0.2, 0) is 6.54 Å². The summed E-state index contributed by atoms with van der Waals surface area (Å²) in [5.74, 6) is 0.250. The number of thiophene rings is 1. The minimum absolute atomic E-state index is 0.0131. The lowest BCUT2D eigenvalue weighted by Crippen LogP contribution is -2.39. The molecule has 0 saturated heterocycles. The molecule has 0 aromatic carbocycles. The van der Waals surface area contributed by atoms with E-state index in [1.165, 1.54) is 11.3 Å². The van der Waals surface area contributed by atoms with Crippen LogP contribution in [-0.4, -0.2) is 16.7 Å². The van der Waals surface area contributed by atoms with Gasteiger partial charge in [-0.05, 0) is 29.6 Å². The Labute approximate surface area is 142 Å². The normalized spacial score (nSPS) is 10.2. The van der Waals surface area contributed by atoms with Crippen LogP contribution in [0, 0.1) is 0 Å². The summed E-state index contributed by atoms with van der Waals surface area (Å²) in [6.07, 6.45) is 5.02. The number of pyridine rings is 2. The molecule has 1 amide bonds. The fourth-order valence-electron chi connectivity index (χ4n) is 2.07. The number of rotatable bonds is 6. The average Bonchev–Trinajstić information content (AvgIpc) is 3.15. The van der Waals surface area contributed by atoms with Crippen LogP contribution >= 0.6 is 11.3 Å². The van der Waals surface area contributed by atoms with E-state index in [2.05, 4.69) is 15.8 Å². The summed E-state index contributed by atoms with van der Waals surface area (Å²) >= 11 is 1.41. The third-order valence-electron chi connectivity index (χ3n) is 3.21. The number of aromatic nitrogens is 2. The fourth-order valence-corrected chi connectivity index (χ4v) is 2.72. The zero-order valence-electron chi connectivity index (χ0n) is 12.7. The molecule has 0 bridgehead atoms. The van der Waals surface area contributed by atoms with Gasteiger partial charge in [0.25, 0.3) is 5.91 Å². The Bertz CT molecular complexity index is 835. The van der Waals surface area contributed by atoms with E-state index in [-0.39, 0.29) is 18.2 Å². The number of nitrogens with one attached hydrogen (secondary N) is 2. The second-order valence-electron chi connectivity index (χ2n) is 4.96. The number of nitrogens with zero attached hydrogens (tertiary/aromatic N) is 2. The second kappa shape index (κ2) is 7.47. The van der Waals surface area contributed by atoms with Gasteiger partial charge < -0.3 is 0 Å². The van der Waals surface area contributed by atoms with Crippen molar-refractivity contribution in [2.75, 3.05) is 5.43 Å². The Kier molecular flexibility index (Phi) is 4.93. The largest absolute Gasteiger partial charge is 0.286 e. The van der Waals surface area contributed by atoms with Crippen molar-refractivity contribution in [2.24, 2.45) is 0 Å². The van der Waals surface area contributed by atoms with Crippen molar-refractivity contribution < 1.29 is 14.2 Å². The highest BCUT2D eigenvalue weighted by Gasteiger charge is 2.15. The van der Waals surface area contributed by atoms with Crippen molar-refractivity contribution in [3.8, 4) is 0 Å². The number of amides is 1. The maximum absolute atomic E-state index is 12.2. The minimum Gasteiger partial charge on any atom is -0.286 e. The lowest BCUT2D eigenvalue weighted by atomic mass is 10.2. The molecule has 6 nitrogen and oxygen atoms in total. The van der Waals surface area contributed by atoms with Crippen LogP contribution in [0.1, 0.15) is 20.0 Å². The molecule has 0 aliphatic carbocycles. The van der Waals surface area contributed by atoms with Crippen LogP contribution in [0.3, 0.4) is 0 Å². The van der Waals surface area contributed by atoms with Crippen molar-refractivity contribution >= 4 is 28.8 Å². The molecule has 0 unspecified atom stereocenters. The molecule has 120 valence electrons. The quantitative estimate of drug-likeness (QED) is 0.410. The summed E-state index contributed by atoms with van der Waals surface area (Å²) in [6.45, 7) is 0.190. The summed E-state index contributed by atoms with van der Waals surface area (Å²) < 4.78 is 1.69. The van der Waals surface area contributed by atoms with Gasteiger partial charge in [0.2, 0.25) is 12.3 Å². The molecular weight excluding hydrogens is 324 g/mol. The first-order chi connectivity index (χ1) is 11.7. The fraction of sp³-hybridized carbons (Fsp3) is 0.0588. The number of Topliss-reactive ketones (excluding diaryl/α,β-unsaturated/α-hetero) is 1. The Morgan fingerprint density at radius 2 is 2.04 bits per heavy atom. The third-order valence-corrected chi connectivity index (χ3v) is 4.12. The molecule has 0 aliphatic rings. The Hall–Kier alpha value is -3.06. The minimum atomic E-state index is -0.307. The van der Waals surface area contributed by atoms with Gasteiger partial charge >= 0.3 is 0 Å². The molecule has 3 aromatic rings. The van der Waals surface area contributed by atoms with Gasteiger partial charge in [0, 0.05) is 12.3 Å². The highest BCUT2D eigenvalue weighted by atomic mass is 32.1. The number of anilines is 1. The Balaban J connectivity index is 1.64. The summed E-state index contributed by atoms with van der Waals surface area (Å²) in [4.78, 5) is 29.1. The van der Waals surface area contributed by atoms with E-state index in [0.29, 0.717) is 16.3 Å². The predicted molar refractivity (Wildman–Crippen MR) is 90.6 cm³/mol. The second-order valence-corrected chi connectivity index (χ2v) is 5.91. The topological polar surface area (TPSA) is 75.0 Å². The number of carbonyl (C=O) groups is 2. The molecule has 3 rings (SSSR count). The van der Waals surface area contributed by atoms with E-state index in [9.17, 15) is 9.59 Å². The molecular formula is C17H15N4O2S+. The van der Waals surface area contributed by atoms with Gasteiger partial charge in [-0.15, -0.1) is 11.3 Å². The number of carbonyl (C=O) groups excluding carboxylic acids is 2. The molecule has 3 heterocycles. The number of hydrazine groups is 1. The molecule has 0 saturated carbocycles. The van der Waals surface area contributed by atoms with Crippen LogP contribution in [0.5, 0.6) is 0 Å². The number of hydrogen-bond acceptors (Lipinski definition) is 5. The lowest BCUT2D eigenvalue weighted by molar-refractivity contribution is -0.683. The van der Waals surface area contributed by atoms with E-state index in [1.807, 2.05) is 17.5 Å². The van der Waals surface area contributed by atoms with Crippen molar-refractivity contribution in [3.05, 3.63) is 76.9 Å². The van der Waals surface area contributed by atoms with E-state index >= 15 is 0 Å². The summed E-state index contributed by atoms with van der Waals surface area (Å²) in [6, 6.07) is 12.4. The smallest absolute Gasteiger partial charge is 0.275 e. The summed E-state index contributed by atoms with van der Waals surface area (Å²) in [5, 5.41) is 1.87. The van der Waals surface area contributed by atoms with Crippen LogP contribution in [0.4, 0.5) is 5.82 Å². The first-order valence-corrected chi connectivity index (χ1v) is 8.13. The molecule has 3 aromatic heterocycles. The summed E-state index contributed by atoms with van der Waals surface area (Å²) in [7, 11) is 0. The van der Waals surface area contributed by atoms with E-state index in [4.69, 9.17) is 0 Å². The van der Waals surface area contributed by atoms with Crippen LogP contribution in [0.15, 0.2) is 66.4 Å². The number of ketones is 1. The highest BCUT2D eigenvalue weighted by molar-refractivity contribution is 7.12. The molecule has 2 N–H and O–H groups in total. The van der Waals surface area contributed by atoms with Gasteiger partial charge in [0.05, 0.1) is 4.88 Å². The van der Waals surface area contributed by atoms with Gasteiger partial charge in [0.15, 0.2) is 12.4 Å². The zero-order valence-corrected chi connectivity index (χ0v) is 13.5. The molecule has 7 heteroatoms. The zero-order chi connectivity index (χ0) is 16.8. The Morgan fingerprint density at radius 3 is 2.79 bits per heavy atom. The van der Waals surface area contributed by atoms with Gasteiger partial charge in [-0.3, -0.25) is 20.4 Å². The van der Waals surface area contributed by atoms with Crippen LogP contribution in [0.25, 0.3) is 0 Å². The summed E-state index contributed by atoms with van der Waals surface area (Å²) in [5.41, 5.74) is 5.76. The van der Waals surface area contributed by atoms with Gasteiger partial charge in [0.1, 0.15) is 11.4 Å². The molecule has 0 aliphatic heterocycles. The van der Waals surface area contributed by atoms with Crippen molar-refractivity contribution in [3.63, 3.8) is 0 Å². The first-order valence-electron chi connectivity index (χ1n) is 7.25. The van der Waals surface area contributed by atoms with Crippen molar-refractivity contribution in [2.45, 2.75) is 6.54 Å². The van der Waals surface area contributed by atoms with Crippen molar-refractivity contribution in [1.29, 1.82) is 0 Å². The molecule has 0 radical (unpaired) electrons. The van der Waals surface area contributed by atoms with E-state index < -0.39 is 0 Å². The van der Waals surface area contributed by atoms with E-state index in [1.54, 1.807) is 53.5 Å². The molecule has 24 heavy (non-hydrogen) atoms. The standard InChI is InChI=1S/C17H14N4O2S/c22-14(15-6-4-10-24-15)12-21-9-3-5-13(11-21)17(23)20-19-16-7-1-2-8-18-16/h1-11H,12H2,(H-,18,19,20,23)/p+1. The third kappa shape index (κ3) is 4.02. The van der Waals surface area contributed by atoms with Crippen molar-refractivity contribution in [1.82, 2.24) is 10.4 Å². The maximum atomic E-state index is 12.2. The monoisotopic (exact) mass is 339 g/mol. The molecule has 0 atom stereocenters. The number of hydrogen-bond donors (Lipinski definition) is 2. The Morgan fingerprint density at radius 1 is 1.12 bits per heavy atom. The van der Waals surface area contributed by atoms with Gasteiger partial charge in [-0.25, -0.2) is 4.98 Å². The maximum Gasteiger partial charge on any atom is 0.275 e.